The van der Waals surface area contributed by atoms with E-state index in [1.54, 1.807) is 31.2 Å². The summed E-state index contributed by atoms with van der Waals surface area (Å²) in [6, 6.07) is 14.3. The van der Waals surface area contributed by atoms with Crippen LogP contribution in [-0.2, 0) is 27.2 Å². The van der Waals surface area contributed by atoms with Gasteiger partial charge in [0.1, 0.15) is 5.75 Å². The number of hydrogen-bond acceptors (Lipinski definition) is 6. The van der Waals surface area contributed by atoms with Crippen molar-refractivity contribution in [3.63, 3.8) is 0 Å². The van der Waals surface area contributed by atoms with Crippen LogP contribution >= 0.6 is 0 Å². The van der Waals surface area contributed by atoms with Crippen LogP contribution in [0.2, 0.25) is 0 Å². The number of phenolic OH excluding ortho intramolecular Hbond substituents is 1. The minimum Gasteiger partial charge on any atom is -0.508 e. The second kappa shape index (κ2) is 12.4. The average Bonchev–Trinajstić information content (AvgIpc) is 2.77. The number of nitrogens with two attached hydrogens (primary N) is 2. The molecule has 172 valence electrons. The summed E-state index contributed by atoms with van der Waals surface area (Å²) in [5.74, 6) is -1.14. The maximum Gasteiger partial charge on any atom is 0.237 e. The average molecular weight is 442 g/mol. The Morgan fingerprint density at radius 2 is 1.56 bits per heavy atom. The topological polar surface area (TPSA) is 160 Å². The third kappa shape index (κ3) is 8.75. The van der Waals surface area contributed by atoms with Gasteiger partial charge in [-0.2, -0.15) is 0 Å². The molecule has 0 aliphatic rings. The van der Waals surface area contributed by atoms with E-state index < -0.39 is 18.0 Å². The summed E-state index contributed by atoms with van der Waals surface area (Å²) in [6.45, 7) is 1.88. The predicted octanol–water partition coefficient (Wildman–Crippen LogP) is -0.431. The molecule has 3 amide bonds. The number of phenols is 1. The van der Waals surface area contributed by atoms with Crippen molar-refractivity contribution >= 4 is 17.7 Å². The Morgan fingerprint density at radius 1 is 0.938 bits per heavy atom. The number of aromatic hydroxyl groups is 1. The zero-order valence-corrected chi connectivity index (χ0v) is 18.1. The van der Waals surface area contributed by atoms with Gasteiger partial charge in [0.05, 0.1) is 18.6 Å². The second-order valence-electron chi connectivity index (χ2n) is 7.72. The Hall–Kier alpha value is -3.43. The van der Waals surface area contributed by atoms with Crippen molar-refractivity contribution in [1.29, 1.82) is 0 Å². The van der Waals surface area contributed by atoms with Gasteiger partial charge in [0.2, 0.25) is 17.7 Å². The highest BCUT2D eigenvalue weighted by Gasteiger charge is 2.21. The lowest BCUT2D eigenvalue weighted by molar-refractivity contribution is -0.126. The molecule has 0 bridgehead atoms. The fourth-order valence-corrected chi connectivity index (χ4v) is 3.10. The minimum atomic E-state index is -0.749. The zero-order valence-electron chi connectivity index (χ0n) is 18.1. The lowest BCUT2D eigenvalue weighted by Crippen LogP contribution is -2.53. The van der Waals surface area contributed by atoms with E-state index in [4.69, 9.17) is 11.5 Å². The SMILES string of the molecule is C[C@H](CN[C@@H](Cc1ccccc1)C(=O)NCC(N)=O)NC(=O)[C@@H](N)Cc1ccc(O)cc1. The fraction of sp³-hybridized carbons (Fsp3) is 0.348. The molecule has 9 heteroatoms. The monoisotopic (exact) mass is 441 g/mol. The van der Waals surface area contributed by atoms with Crippen molar-refractivity contribution in [2.45, 2.75) is 37.9 Å². The first-order chi connectivity index (χ1) is 15.2. The summed E-state index contributed by atoms with van der Waals surface area (Å²) in [7, 11) is 0. The van der Waals surface area contributed by atoms with Crippen molar-refractivity contribution in [1.82, 2.24) is 16.0 Å². The smallest absolute Gasteiger partial charge is 0.237 e. The van der Waals surface area contributed by atoms with E-state index >= 15 is 0 Å². The molecular formula is C23H31N5O4. The molecule has 2 aromatic rings. The summed E-state index contributed by atoms with van der Waals surface area (Å²) in [5, 5.41) is 17.8. The van der Waals surface area contributed by atoms with Crippen LogP contribution in [-0.4, -0.2) is 54.0 Å². The lowest BCUT2D eigenvalue weighted by atomic mass is 10.0. The van der Waals surface area contributed by atoms with E-state index in [-0.39, 0.29) is 30.2 Å². The number of benzene rings is 2. The van der Waals surface area contributed by atoms with E-state index in [9.17, 15) is 19.5 Å². The highest BCUT2D eigenvalue weighted by atomic mass is 16.3. The van der Waals surface area contributed by atoms with Gasteiger partial charge in [0, 0.05) is 12.6 Å². The molecule has 8 N–H and O–H groups in total. The van der Waals surface area contributed by atoms with Gasteiger partial charge in [-0.15, -0.1) is 0 Å². The first kappa shape index (κ1) is 24.8. The molecule has 0 unspecified atom stereocenters. The first-order valence-electron chi connectivity index (χ1n) is 10.4. The van der Waals surface area contributed by atoms with Crippen LogP contribution in [0.4, 0.5) is 0 Å². The third-order valence-electron chi connectivity index (χ3n) is 4.82. The Morgan fingerprint density at radius 3 is 2.19 bits per heavy atom. The third-order valence-corrected chi connectivity index (χ3v) is 4.82. The number of primary amides is 1. The number of carbonyl (C=O) groups excluding carboxylic acids is 3. The molecule has 2 rings (SSSR count). The van der Waals surface area contributed by atoms with Crippen molar-refractivity contribution in [3.8, 4) is 5.75 Å². The maximum absolute atomic E-state index is 12.5. The van der Waals surface area contributed by atoms with Crippen LogP contribution in [0, 0.1) is 0 Å². The maximum atomic E-state index is 12.5. The summed E-state index contributed by atoms with van der Waals surface area (Å²) in [5.41, 5.74) is 12.9. The van der Waals surface area contributed by atoms with Crippen LogP contribution in [0.15, 0.2) is 54.6 Å². The predicted molar refractivity (Wildman–Crippen MR) is 122 cm³/mol. The largest absolute Gasteiger partial charge is 0.508 e. The minimum absolute atomic E-state index is 0.149. The van der Waals surface area contributed by atoms with Crippen molar-refractivity contribution in [2.75, 3.05) is 13.1 Å². The fourth-order valence-electron chi connectivity index (χ4n) is 3.10. The normalized spacial score (nSPS) is 13.6. The highest BCUT2D eigenvalue weighted by molar-refractivity contribution is 5.87. The molecule has 32 heavy (non-hydrogen) atoms. The highest BCUT2D eigenvalue weighted by Crippen LogP contribution is 2.11. The first-order valence-corrected chi connectivity index (χ1v) is 10.4. The summed E-state index contributed by atoms with van der Waals surface area (Å²) >= 11 is 0. The standard InChI is InChI=1S/C23H31N5O4/c1-15(28-22(31)19(24)11-17-7-9-18(29)10-8-17)13-26-20(23(32)27-14-21(25)30)12-16-5-3-2-4-6-16/h2-10,15,19-20,26,29H,11-14,24H2,1H3,(H2,25,30)(H,27,32)(H,28,31)/t15-,19+,20+/m1/s1. The molecule has 3 atom stereocenters. The number of nitrogens with one attached hydrogen (secondary N) is 3. The Bertz CT molecular complexity index is 889. The molecule has 0 aliphatic heterocycles. The van der Waals surface area contributed by atoms with E-state index in [0.717, 1.165) is 11.1 Å². The van der Waals surface area contributed by atoms with Gasteiger partial charge in [-0.1, -0.05) is 42.5 Å². The van der Waals surface area contributed by atoms with Gasteiger partial charge in [-0.3, -0.25) is 14.4 Å². The molecule has 0 aliphatic carbocycles. The lowest BCUT2D eigenvalue weighted by Gasteiger charge is -2.22. The molecule has 0 saturated carbocycles. The molecular weight excluding hydrogens is 410 g/mol. The van der Waals surface area contributed by atoms with E-state index in [2.05, 4.69) is 16.0 Å². The van der Waals surface area contributed by atoms with E-state index in [0.29, 0.717) is 19.4 Å². The van der Waals surface area contributed by atoms with Crippen LogP contribution in [0.3, 0.4) is 0 Å². The molecule has 2 aromatic carbocycles. The summed E-state index contributed by atoms with van der Waals surface area (Å²) in [4.78, 5) is 35.9. The van der Waals surface area contributed by atoms with Gasteiger partial charge in [0.25, 0.3) is 0 Å². The van der Waals surface area contributed by atoms with Crippen LogP contribution in [0.1, 0.15) is 18.1 Å². The number of rotatable bonds is 12. The van der Waals surface area contributed by atoms with Crippen molar-refractivity contribution < 1.29 is 19.5 Å². The zero-order chi connectivity index (χ0) is 23.5. The van der Waals surface area contributed by atoms with Crippen LogP contribution < -0.4 is 27.4 Å². The van der Waals surface area contributed by atoms with Gasteiger partial charge in [-0.05, 0) is 43.0 Å². The van der Waals surface area contributed by atoms with Crippen molar-refractivity contribution in [2.24, 2.45) is 11.5 Å². The van der Waals surface area contributed by atoms with Crippen LogP contribution in [0.5, 0.6) is 5.75 Å². The number of hydrogen-bond donors (Lipinski definition) is 6. The quantitative estimate of drug-likeness (QED) is 0.262. The van der Waals surface area contributed by atoms with Gasteiger partial charge in [0.15, 0.2) is 0 Å². The molecule has 0 spiro atoms. The van der Waals surface area contributed by atoms with Gasteiger partial charge >= 0.3 is 0 Å². The molecule has 0 radical (unpaired) electrons. The van der Waals surface area contributed by atoms with E-state index in [1.807, 2.05) is 30.3 Å². The molecule has 9 nitrogen and oxygen atoms in total. The van der Waals surface area contributed by atoms with Gasteiger partial charge < -0.3 is 32.5 Å². The number of carbonyl (C=O) groups is 3. The molecule has 0 saturated heterocycles. The Balaban J connectivity index is 1.89. The summed E-state index contributed by atoms with van der Waals surface area (Å²) in [6.07, 6.45) is 0.741. The molecule has 0 fully saturated rings. The van der Waals surface area contributed by atoms with Gasteiger partial charge in [-0.25, -0.2) is 0 Å². The Labute approximate surface area is 187 Å². The van der Waals surface area contributed by atoms with Crippen molar-refractivity contribution in [3.05, 3.63) is 65.7 Å². The second-order valence-corrected chi connectivity index (χ2v) is 7.72. The molecule has 0 heterocycles. The molecule has 0 aromatic heterocycles. The van der Waals surface area contributed by atoms with E-state index in [1.165, 1.54) is 0 Å². The number of amides is 3. The Kier molecular flexibility index (Phi) is 9.65. The summed E-state index contributed by atoms with van der Waals surface area (Å²) < 4.78 is 0. The van der Waals surface area contributed by atoms with Crippen LogP contribution in [0.25, 0.3) is 0 Å².